The number of benzene rings is 1. The number of hydrogen-bond acceptors (Lipinski definition) is 4. The third-order valence-electron chi connectivity index (χ3n) is 4.00. The first-order chi connectivity index (χ1) is 12.0. The first kappa shape index (κ1) is 18.5. The van der Waals surface area contributed by atoms with Crippen LogP contribution in [-0.4, -0.2) is 41.1 Å². The maximum absolute atomic E-state index is 12.5. The SMILES string of the molecule is CCOC(=O)C1=C(C)N(CCCC(=O)O)C(=O)N[C@H]1c1ccccc1. The molecule has 134 valence electrons. The number of carboxylic acids is 1. The summed E-state index contributed by atoms with van der Waals surface area (Å²) in [5, 5.41) is 11.6. The number of nitrogens with one attached hydrogen (secondary N) is 1. The van der Waals surface area contributed by atoms with Gasteiger partial charge in [0.25, 0.3) is 0 Å². The standard InChI is InChI=1S/C18H22N2O5/c1-3-25-17(23)15-12(2)20(11-7-10-14(21)22)18(24)19-16(15)13-8-5-4-6-9-13/h4-6,8-9,16H,3,7,10-11H2,1-2H3,(H,19,24)(H,21,22)/t16-/m0/s1. The monoisotopic (exact) mass is 346 g/mol. The zero-order valence-corrected chi connectivity index (χ0v) is 14.3. The highest BCUT2D eigenvalue weighted by molar-refractivity contribution is 5.95. The number of carbonyl (C=O) groups is 3. The molecule has 0 unspecified atom stereocenters. The number of amides is 2. The molecule has 0 aromatic heterocycles. The van der Waals surface area contributed by atoms with Crippen molar-refractivity contribution in [1.82, 2.24) is 10.2 Å². The molecule has 1 heterocycles. The molecule has 0 spiro atoms. The number of ether oxygens (including phenoxy) is 1. The van der Waals surface area contributed by atoms with E-state index in [1.165, 1.54) is 4.90 Å². The van der Waals surface area contributed by atoms with E-state index in [9.17, 15) is 14.4 Å². The summed E-state index contributed by atoms with van der Waals surface area (Å²) >= 11 is 0. The molecule has 1 aliphatic rings. The van der Waals surface area contributed by atoms with Crippen molar-refractivity contribution < 1.29 is 24.2 Å². The normalized spacial score (nSPS) is 17.3. The Hall–Kier alpha value is -2.83. The van der Waals surface area contributed by atoms with Crippen LogP contribution >= 0.6 is 0 Å². The Kier molecular flexibility index (Phi) is 6.16. The average Bonchev–Trinajstić information content (AvgIpc) is 2.58. The van der Waals surface area contributed by atoms with E-state index >= 15 is 0 Å². The minimum Gasteiger partial charge on any atom is -0.481 e. The van der Waals surface area contributed by atoms with Crippen molar-refractivity contribution in [2.45, 2.75) is 32.7 Å². The van der Waals surface area contributed by atoms with Gasteiger partial charge in [-0.2, -0.15) is 0 Å². The molecule has 2 amide bonds. The minimum atomic E-state index is -0.924. The molecule has 1 aromatic rings. The van der Waals surface area contributed by atoms with E-state index in [0.29, 0.717) is 17.7 Å². The van der Waals surface area contributed by atoms with Gasteiger partial charge < -0.3 is 15.2 Å². The molecule has 1 aliphatic heterocycles. The fraction of sp³-hybridized carbons (Fsp3) is 0.389. The van der Waals surface area contributed by atoms with Crippen molar-refractivity contribution in [1.29, 1.82) is 0 Å². The fourth-order valence-electron chi connectivity index (χ4n) is 2.81. The number of hydrogen-bond donors (Lipinski definition) is 2. The third-order valence-corrected chi connectivity index (χ3v) is 4.00. The summed E-state index contributed by atoms with van der Waals surface area (Å²) in [6.07, 6.45) is 0.250. The topological polar surface area (TPSA) is 95.9 Å². The number of carbonyl (C=O) groups excluding carboxylic acids is 2. The van der Waals surface area contributed by atoms with Gasteiger partial charge in [0.1, 0.15) is 0 Å². The van der Waals surface area contributed by atoms with E-state index in [-0.39, 0.29) is 25.6 Å². The van der Waals surface area contributed by atoms with Crippen molar-refractivity contribution in [2.24, 2.45) is 0 Å². The lowest BCUT2D eigenvalue weighted by Gasteiger charge is -2.35. The van der Waals surface area contributed by atoms with Gasteiger partial charge >= 0.3 is 18.0 Å². The highest BCUT2D eigenvalue weighted by Gasteiger charge is 2.36. The van der Waals surface area contributed by atoms with Crippen LogP contribution in [0.4, 0.5) is 4.79 Å². The van der Waals surface area contributed by atoms with Gasteiger partial charge in [0.15, 0.2) is 0 Å². The largest absolute Gasteiger partial charge is 0.481 e. The van der Waals surface area contributed by atoms with Crippen LogP contribution in [0.15, 0.2) is 41.6 Å². The molecule has 0 fully saturated rings. The van der Waals surface area contributed by atoms with Crippen LogP contribution in [0.1, 0.15) is 38.3 Å². The second kappa shape index (κ2) is 8.32. The Morgan fingerprint density at radius 2 is 1.96 bits per heavy atom. The smallest absolute Gasteiger partial charge is 0.338 e. The highest BCUT2D eigenvalue weighted by atomic mass is 16.5. The molecule has 0 radical (unpaired) electrons. The Morgan fingerprint density at radius 3 is 2.56 bits per heavy atom. The molecular formula is C18H22N2O5. The Bertz CT molecular complexity index is 684. The summed E-state index contributed by atoms with van der Waals surface area (Å²) in [7, 11) is 0. The molecule has 2 rings (SSSR count). The van der Waals surface area contributed by atoms with Gasteiger partial charge in [-0.05, 0) is 25.8 Å². The number of allylic oxidation sites excluding steroid dienone is 1. The van der Waals surface area contributed by atoms with Crippen LogP contribution in [0.25, 0.3) is 0 Å². The molecule has 0 bridgehead atoms. The van der Waals surface area contributed by atoms with Crippen molar-refractivity contribution in [2.75, 3.05) is 13.2 Å². The molecule has 0 saturated carbocycles. The first-order valence-corrected chi connectivity index (χ1v) is 8.18. The Balaban J connectivity index is 2.36. The molecular weight excluding hydrogens is 324 g/mol. The Morgan fingerprint density at radius 1 is 1.28 bits per heavy atom. The zero-order valence-electron chi connectivity index (χ0n) is 14.3. The van der Waals surface area contributed by atoms with E-state index in [1.807, 2.05) is 30.3 Å². The third kappa shape index (κ3) is 4.37. The van der Waals surface area contributed by atoms with Crippen molar-refractivity contribution >= 4 is 18.0 Å². The lowest BCUT2D eigenvalue weighted by atomic mass is 9.95. The van der Waals surface area contributed by atoms with Gasteiger partial charge in [-0.1, -0.05) is 30.3 Å². The van der Waals surface area contributed by atoms with Crippen LogP contribution in [-0.2, 0) is 14.3 Å². The number of nitrogens with zero attached hydrogens (tertiary/aromatic N) is 1. The highest BCUT2D eigenvalue weighted by Crippen LogP contribution is 2.31. The molecule has 2 N–H and O–H groups in total. The van der Waals surface area contributed by atoms with E-state index in [4.69, 9.17) is 9.84 Å². The van der Waals surface area contributed by atoms with Gasteiger partial charge in [-0.3, -0.25) is 9.69 Å². The summed E-state index contributed by atoms with van der Waals surface area (Å²) in [4.78, 5) is 37.0. The van der Waals surface area contributed by atoms with Crippen molar-refractivity contribution in [3.8, 4) is 0 Å². The van der Waals surface area contributed by atoms with Crippen LogP contribution in [0.2, 0.25) is 0 Å². The van der Waals surface area contributed by atoms with E-state index < -0.39 is 18.0 Å². The molecule has 7 heteroatoms. The number of esters is 1. The number of aliphatic carboxylic acids is 1. The van der Waals surface area contributed by atoms with Gasteiger partial charge in [0.05, 0.1) is 18.2 Å². The maximum Gasteiger partial charge on any atom is 0.338 e. The molecule has 0 saturated heterocycles. The number of carboxylic acid groups (broad SMARTS) is 1. The summed E-state index contributed by atoms with van der Waals surface area (Å²) in [5.74, 6) is -1.41. The van der Waals surface area contributed by atoms with Crippen LogP contribution < -0.4 is 5.32 Å². The molecule has 7 nitrogen and oxygen atoms in total. The second-order valence-electron chi connectivity index (χ2n) is 5.66. The lowest BCUT2D eigenvalue weighted by Crippen LogP contribution is -2.48. The van der Waals surface area contributed by atoms with Gasteiger partial charge in [0.2, 0.25) is 0 Å². The quantitative estimate of drug-likeness (QED) is 0.739. The summed E-state index contributed by atoms with van der Waals surface area (Å²) in [6.45, 7) is 3.84. The van der Waals surface area contributed by atoms with Crippen LogP contribution in [0.3, 0.4) is 0 Å². The minimum absolute atomic E-state index is 0.0477. The molecule has 1 atom stereocenters. The lowest BCUT2D eigenvalue weighted by molar-refractivity contribution is -0.139. The first-order valence-electron chi connectivity index (χ1n) is 8.18. The Labute approximate surface area is 146 Å². The predicted octanol–water partition coefficient (Wildman–Crippen LogP) is 2.45. The van der Waals surface area contributed by atoms with Crippen molar-refractivity contribution in [3.63, 3.8) is 0 Å². The van der Waals surface area contributed by atoms with Gasteiger partial charge in [-0.15, -0.1) is 0 Å². The number of rotatable bonds is 7. The van der Waals surface area contributed by atoms with Crippen LogP contribution in [0, 0.1) is 0 Å². The summed E-state index contributed by atoms with van der Waals surface area (Å²) in [5.41, 5.74) is 1.63. The maximum atomic E-state index is 12.5. The molecule has 0 aliphatic carbocycles. The van der Waals surface area contributed by atoms with E-state index in [2.05, 4.69) is 5.32 Å². The fourth-order valence-corrected chi connectivity index (χ4v) is 2.81. The van der Waals surface area contributed by atoms with E-state index in [0.717, 1.165) is 5.56 Å². The number of urea groups is 1. The summed E-state index contributed by atoms with van der Waals surface area (Å²) < 4.78 is 5.16. The summed E-state index contributed by atoms with van der Waals surface area (Å²) in [6, 6.07) is 8.23. The zero-order chi connectivity index (χ0) is 18.4. The van der Waals surface area contributed by atoms with Gasteiger partial charge in [0, 0.05) is 18.7 Å². The molecule has 1 aromatic carbocycles. The predicted molar refractivity (Wildman–Crippen MR) is 90.6 cm³/mol. The van der Waals surface area contributed by atoms with Gasteiger partial charge in [-0.25, -0.2) is 9.59 Å². The molecule has 25 heavy (non-hydrogen) atoms. The average molecular weight is 346 g/mol. The van der Waals surface area contributed by atoms with Crippen molar-refractivity contribution in [3.05, 3.63) is 47.2 Å². The van der Waals surface area contributed by atoms with Crippen LogP contribution in [0.5, 0.6) is 0 Å². The van der Waals surface area contributed by atoms with E-state index in [1.54, 1.807) is 13.8 Å². The second-order valence-corrected chi connectivity index (χ2v) is 5.66.